The van der Waals surface area contributed by atoms with E-state index in [0.29, 0.717) is 0 Å². The molecule has 0 amide bonds. The molecule has 5 nitrogen and oxygen atoms in total. The summed E-state index contributed by atoms with van der Waals surface area (Å²) < 4.78 is 35.5. The first kappa shape index (κ1) is 20.2. The van der Waals surface area contributed by atoms with Crippen LogP contribution < -0.4 is 0 Å². The third-order valence-corrected chi connectivity index (χ3v) is 2.79. The minimum Gasteiger partial charge on any atom is -0.759 e. The molecule has 0 saturated carbocycles. The fourth-order valence-electron chi connectivity index (χ4n) is 2.57. The molecule has 0 aromatic rings. The van der Waals surface area contributed by atoms with Gasteiger partial charge >= 0.3 is 0 Å². The van der Waals surface area contributed by atoms with Crippen LogP contribution in [-0.2, 0) is 10.4 Å². The van der Waals surface area contributed by atoms with Gasteiger partial charge in [0, 0.05) is 10.4 Å². The van der Waals surface area contributed by atoms with Gasteiger partial charge in [0.1, 0.15) is 0 Å². The van der Waals surface area contributed by atoms with Crippen LogP contribution in [0.15, 0.2) is 0 Å². The molecule has 112 valence electrons. The van der Waals surface area contributed by atoms with Crippen molar-refractivity contribution in [3.05, 3.63) is 0 Å². The van der Waals surface area contributed by atoms with Gasteiger partial charge in [0.2, 0.25) is 0 Å². The lowest BCUT2D eigenvalue weighted by atomic mass is 10.2. The van der Waals surface area contributed by atoms with Crippen LogP contribution in [0.4, 0.5) is 0 Å². The number of quaternary nitrogens is 1. The minimum atomic E-state index is -5.17. The number of rotatable bonds is 8. The van der Waals surface area contributed by atoms with Gasteiger partial charge in [0.25, 0.3) is 0 Å². The Kier molecular flexibility index (Phi) is 12.0. The Hall–Kier alpha value is -0.170. The average molecular weight is 282 g/mol. The second-order valence-corrected chi connectivity index (χ2v) is 5.46. The smallest absolute Gasteiger partial charge is 0.0783 e. The van der Waals surface area contributed by atoms with Gasteiger partial charge in [-0.3, -0.25) is 8.42 Å². The number of nitrogens with zero attached hydrogens (tertiary/aromatic N) is 1. The van der Waals surface area contributed by atoms with Crippen LogP contribution in [0.1, 0.15) is 53.4 Å². The van der Waals surface area contributed by atoms with E-state index in [-0.39, 0.29) is 0 Å². The zero-order chi connectivity index (χ0) is 14.7. The maximum absolute atomic E-state index is 8.52. The van der Waals surface area contributed by atoms with Crippen LogP contribution in [0.3, 0.4) is 0 Å². The SMILES string of the molecule is CCC[N+](CCC)(CCC)CCC.O=S(=O)([O-])[O-]. The highest BCUT2D eigenvalue weighted by Gasteiger charge is 2.22. The summed E-state index contributed by atoms with van der Waals surface area (Å²) in [6.45, 7) is 14.8. The summed E-state index contributed by atoms with van der Waals surface area (Å²) in [7, 11) is -5.17. The van der Waals surface area contributed by atoms with E-state index >= 15 is 0 Å². The number of hydrogen-bond acceptors (Lipinski definition) is 4. The first-order valence-electron chi connectivity index (χ1n) is 6.76. The van der Waals surface area contributed by atoms with E-state index < -0.39 is 10.4 Å². The molecule has 0 aliphatic heterocycles. The van der Waals surface area contributed by atoms with Gasteiger partial charge in [-0.1, -0.05) is 27.7 Å². The highest BCUT2D eigenvalue weighted by molar-refractivity contribution is 7.79. The van der Waals surface area contributed by atoms with Crippen molar-refractivity contribution in [2.24, 2.45) is 0 Å². The molecule has 6 heteroatoms. The van der Waals surface area contributed by atoms with Crippen molar-refractivity contribution < 1.29 is 22.0 Å². The number of hydrogen-bond donors (Lipinski definition) is 0. The van der Waals surface area contributed by atoms with Crippen molar-refractivity contribution in [3.8, 4) is 0 Å². The summed E-state index contributed by atoms with van der Waals surface area (Å²) in [6, 6.07) is 0. The summed E-state index contributed by atoms with van der Waals surface area (Å²) in [5, 5.41) is 0. The average Bonchev–Trinajstić information content (AvgIpc) is 2.16. The van der Waals surface area contributed by atoms with Crippen molar-refractivity contribution >= 4 is 10.4 Å². The van der Waals surface area contributed by atoms with E-state index in [1.54, 1.807) is 0 Å². The quantitative estimate of drug-likeness (QED) is 0.388. The highest BCUT2D eigenvalue weighted by atomic mass is 32.3. The van der Waals surface area contributed by atoms with E-state index in [1.807, 2.05) is 0 Å². The van der Waals surface area contributed by atoms with Gasteiger partial charge in [0.05, 0.1) is 26.2 Å². The molecule has 0 heterocycles. The Bertz CT molecular complexity index is 240. The van der Waals surface area contributed by atoms with Crippen LogP contribution in [0.2, 0.25) is 0 Å². The largest absolute Gasteiger partial charge is 0.759 e. The predicted octanol–water partition coefficient (Wildman–Crippen LogP) is 2.11. The molecule has 0 N–H and O–H groups in total. The molecule has 0 radical (unpaired) electrons. The molecule has 18 heavy (non-hydrogen) atoms. The van der Waals surface area contributed by atoms with Crippen molar-refractivity contribution in [3.63, 3.8) is 0 Å². The molecule has 0 aliphatic carbocycles. The van der Waals surface area contributed by atoms with Gasteiger partial charge in [-0.05, 0) is 25.7 Å². The maximum Gasteiger partial charge on any atom is 0.0783 e. The fraction of sp³-hybridized carbons (Fsp3) is 1.00. The third-order valence-electron chi connectivity index (χ3n) is 2.79. The minimum absolute atomic E-state index is 1.33. The van der Waals surface area contributed by atoms with Gasteiger partial charge in [-0.15, -0.1) is 0 Å². The first-order chi connectivity index (χ1) is 8.24. The Morgan fingerprint density at radius 1 is 0.722 bits per heavy atom. The Labute approximate surface area is 112 Å². The summed E-state index contributed by atoms with van der Waals surface area (Å²) >= 11 is 0. The lowest BCUT2D eigenvalue weighted by Gasteiger charge is -2.38. The zero-order valence-corrected chi connectivity index (χ0v) is 13.0. The van der Waals surface area contributed by atoms with Gasteiger partial charge in [-0.2, -0.15) is 0 Å². The lowest BCUT2D eigenvalue weighted by molar-refractivity contribution is -0.928. The Morgan fingerprint density at radius 3 is 1.00 bits per heavy atom. The summed E-state index contributed by atoms with van der Waals surface area (Å²) in [6.07, 6.45) is 5.33. The van der Waals surface area contributed by atoms with Crippen LogP contribution >= 0.6 is 0 Å². The lowest BCUT2D eigenvalue weighted by Crippen LogP contribution is -2.50. The van der Waals surface area contributed by atoms with E-state index in [1.165, 1.54) is 56.3 Å². The van der Waals surface area contributed by atoms with E-state index in [9.17, 15) is 0 Å². The van der Waals surface area contributed by atoms with Crippen molar-refractivity contribution in [2.75, 3.05) is 26.2 Å². The summed E-state index contributed by atoms with van der Waals surface area (Å²) in [5.74, 6) is 0. The molecule has 0 spiro atoms. The molecule has 0 saturated heterocycles. The molecular formula is C12H28NO4S-. The molecule has 0 aliphatic rings. The molecule has 0 unspecified atom stereocenters. The van der Waals surface area contributed by atoms with Gasteiger partial charge < -0.3 is 13.6 Å². The van der Waals surface area contributed by atoms with Crippen LogP contribution in [-0.4, -0.2) is 48.2 Å². The molecule has 0 fully saturated rings. The van der Waals surface area contributed by atoms with E-state index in [0.717, 1.165) is 0 Å². The molecule has 0 rings (SSSR count). The molecule has 0 atom stereocenters. The molecule has 0 aromatic heterocycles. The Balaban J connectivity index is 0. The maximum atomic E-state index is 8.52. The van der Waals surface area contributed by atoms with E-state index in [2.05, 4.69) is 27.7 Å². The third kappa shape index (κ3) is 13.9. The predicted molar refractivity (Wildman–Crippen MR) is 71.4 cm³/mol. The van der Waals surface area contributed by atoms with Crippen LogP contribution in [0, 0.1) is 0 Å². The van der Waals surface area contributed by atoms with Crippen LogP contribution in [0.25, 0.3) is 0 Å². The summed E-state index contributed by atoms with van der Waals surface area (Å²) in [5.41, 5.74) is 0. The standard InChI is InChI=1S/C12H28N.H2O4S/c1-5-9-13(10-6-2,11-7-3)12-8-4;1-5(2,3)4/h5-12H2,1-4H3;(H2,1,2,3,4)/q+1;/p-2. The monoisotopic (exact) mass is 282 g/mol. The first-order valence-corrected chi connectivity index (χ1v) is 8.09. The van der Waals surface area contributed by atoms with E-state index in [4.69, 9.17) is 17.5 Å². The summed E-state index contributed by atoms with van der Waals surface area (Å²) in [4.78, 5) is 0. The fourth-order valence-corrected chi connectivity index (χ4v) is 2.57. The van der Waals surface area contributed by atoms with Gasteiger partial charge in [0.15, 0.2) is 0 Å². The second-order valence-electron chi connectivity index (χ2n) is 4.64. The highest BCUT2D eigenvalue weighted by Crippen LogP contribution is 2.12. The van der Waals surface area contributed by atoms with Crippen molar-refractivity contribution in [2.45, 2.75) is 53.4 Å². The van der Waals surface area contributed by atoms with Gasteiger partial charge in [-0.25, -0.2) is 0 Å². The second kappa shape index (κ2) is 10.7. The zero-order valence-electron chi connectivity index (χ0n) is 12.1. The van der Waals surface area contributed by atoms with Crippen molar-refractivity contribution in [1.82, 2.24) is 0 Å². The Morgan fingerprint density at radius 2 is 0.889 bits per heavy atom. The molecule has 0 bridgehead atoms. The molecular weight excluding hydrogens is 254 g/mol. The normalized spacial score (nSPS) is 11.9. The van der Waals surface area contributed by atoms with Crippen molar-refractivity contribution in [1.29, 1.82) is 0 Å². The van der Waals surface area contributed by atoms with Crippen LogP contribution in [0.5, 0.6) is 0 Å². The molecule has 0 aromatic carbocycles. The topological polar surface area (TPSA) is 80.3 Å².